The molecule has 3 aliphatic rings. The van der Waals surface area contributed by atoms with Gasteiger partial charge in [0.25, 0.3) is 6.71 Å². The fourth-order valence-electron chi connectivity index (χ4n) is 10.5. The van der Waals surface area contributed by atoms with E-state index in [-0.39, 0.29) is 17.5 Å². The smallest absolute Gasteiger partial charge is 0.297 e. The molecule has 0 bridgehead atoms. The second kappa shape index (κ2) is 10.6. The van der Waals surface area contributed by atoms with E-state index >= 15 is 0 Å². The summed E-state index contributed by atoms with van der Waals surface area (Å²) in [7, 11) is 0. The highest BCUT2D eigenvalue weighted by Crippen LogP contribution is 2.54. The topological polar surface area (TPSA) is 37.7 Å². The van der Waals surface area contributed by atoms with E-state index in [0.29, 0.717) is 0 Å². The van der Waals surface area contributed by atoms with Crippen LogP contribution in [0.25, 0.3) is 60.4 Å². The molecule has 10 aromatic rings. The number of para-hydroxylation sites is 4. The molecule has 13 rings (SSSR count). The first kappa shape index (κ1) is 32.4. The summed E-state index contributed by atoms with van der Waals surface area (Å²) in [5.74, 6) is 0. The Balaban J connectivity index is 1.23. The van der Waals surface area contributed by atoms with Crippen molar-refractivity contribution in [2.24, 2.45) is 0 Å². The van der Waals surface area contributed by atoms with Gasteiger partial charge >= 0.3 is 0 Å². The summed E-state index contributed by atoms with van der Waals surface area (Å²) in [4.78, 5) is 5.10. The van der Waals surface area contributed by atoms with Gasteiger partial charge in [-0.3, -0.25) is 0 Å². The van der Waals surface area contributed by atoms with Crippen molar-refractivity contribution in [3.05, 3.63) is 145 Å². The van der Waals surface area contributed by atoms with Crippen LogP contribution in [0.5, 0.6) is 0 Å². The molecule has 5 nitrogen and oxygen atoms in total. The summed E-state index contributed by atoms with van der Waals surface area (Å²) >= 11 is 0. The third-order valence-corrected chi connectivity index (χ3v) is 13.2. The van der Waals surface area contributed by atoms with E-state index in [1.807, 2.05) is 0 Å². The third-order valence-electron chi connectivity index (χ3n) is 13.2. The Morgan fingerprint density at radius 1 is 0.466 bits per heavy atom. The second-order valence-electron chi connectivity index (χ2n) is 18.5. The third kappa shape index (κ3) is 3.97. The molecule has 3 aromatic heterocycles. The Hall–Kier alpha value is -6.66. The Kier molecular flexibility index (Phi) is 5.95. The molecule has 0 unspecified atom stereocenters. The molecule has 3 aliphatic heterocycles. The zero-order valence-corrected chi connectivity index (χ0v) is 33.4. The van der Waals surface area contributed by atoms with Crippen LogP contribution in [0.2, 0.25) is 0 Å². The van der Waals surface area contributed by atoms with Crippen molar-refractivity contribution in [1.82, 2.24) is 4.57 Å². The van der Waals surface area contributed by atoms with Gasteiger partial charge in [0.2, 0.25) is 0 Å². The summed E-state index contributed by atoms with van der Waals surface area (Å²) in [6, 6.07) is 49.3. The number of benzene rings is 7. The first-order valence-electron chi connectivity index (χ1n) is 20.5. The molecular formula is C52H40BN3O2. The predicted octanol–water partition coefficient (Wildman–Crippen LogP) is 12.4. The monoisotopic (exact) mass is 749 g/mol. The van der Waals surface area contributed by atoms with Gasteiger partial charge in [-0.2, -0.15) is 0 Å². The minimum absolute atomic E-state index is 0.0504. The quantitative estimate of drug-likeness (QED) is 0.157. The SMILES string of the molecule is CC(C)(C)c1cc2c3c(c1)N1c4c(cccc4-n4c5ccccc5c5cccc1c54)B3c1oc3ccc(C(C)(C)C)cc3c1N2c1cccc2oc3ccccc3c12. The van der Waals surface area contributed by atoms with Crippen molar-refractivity contribution in [3.63, 3.8) is 0 Å². The van der Waals surface area contributed by atoms with Gasteiger partial charge in [0.15, 0.2) is 0 Å². The molecule has 0 amide bonds. The van der Waals surface area contributed by atoms with Crippen molar-refractivity contribution in [2.75, 3.05) is 9.80 Å². The van der Waals surface area contributed by atoms with Gasteiger partial charge in [0.1, 0.15) is 16.7 Å². The lowest BCUT2D eigenvalue weighted by Gasteiger charge is -2.45. The van der Waals surface area contributed by atoms with Crippen molar-refractivity contribution < 1.29 is 8.83 Å². The summed E-state index contributed by atoms with van der Waals surface area (Å²) in [5.41, 5.74) is 19.1. The Bertz CT molecular complexity index is 3460. The van der Waals surface area contributed by atoms with E-state index in [1.165, 1.54) is 72.3 Å². The number of nitrogens with zero attached hydrogens (tertiary/aromatic N) is 3. The number of hydrogen-bond donors (Lipinski definition) is 0. The maximum absolute atomic E-state index is 7.31. The lowest BCUT2D eigenvalue weighted by molar-refractivity contribution is 0.590. The van der Waals surface area contributed by atoms with Crippen molar-refractivity contribution in [3.8, 4) is 5.69 Å². The zero-order chi connectivity index (χ0) is 39.0. The van der Waals surface area contributed by atoms with E-state index in [9.17, 15) is 0 Å². The molecular weight excluding hydrogens is 709 g/mol. The van der Waals surface area contributed by atoms with E-state index in [1.54, 1.807) is 0 Å². The highest BCUT2D eigenvalue weighted by molar-refractivity contribution is 7.00. The molecule has 0 atom stereocenters. The average Bonchev–Trinajstić information content (AvgIpc) is 3.90. The van der Waals surface area contributed by atoms with Crippen LogP contribution >= 0.6 is 0 Å². The molecule has 0 saturated heterocycles. The van der Waals surface area contributed by atoms with Gasteiger partial charge in [0, 0.05) is 32.9 Å². The van der Waals surface area contributed by atoms with Crippen LogP contribution in [0.1, 0.15) is 52.7 Å². The molecule has 0 saturated carbocycles. The molecule has 58 heavy (non-hydrogen) atoms. The largest absolute Gasteiger partial charge is 0.468 e. The molecule has 6 heterocycles. The maximum Gasteiger partial charge on any atom is 0.297 e. The van der Waals surface area contributed by atoms with Crippen molar-refractivity contribution in [1.29, 1.82) is 0 Å². The van der Waals surface area contributed by atoms with Gasteiger partial charge in [-0.05, 0) is 93.5 Å². The Labute approximate surface area is 336 Å². The lowest BCUT2D eigenvalue weighted by atomic mass is 9.35. The highest BCUT2D eigenvalue weighted by atomic mass is 16.3. The average molecular weight is 750 g/mol. The lowest BCUT2D eigenvalue weighted by Crippen LogP contribution is -2.61. The minimum Gasteiger partial charge on any atom is -0.468 e. The van der Waals surface area contributed by atoms with Crippen LogP contribution < -0.4 is 26.4 Å². The van der Waals surface area contributed by atoms with Gasteiger partial charge in [-0.1, -0.05) is 114 Å². The highest BCUT2D eigenvalue weighted by Gasteiger charge is 2.49. The number of rotatable bonds is 1. The van der Waals surface area contributed by atoms with E-state index in [0.717, 1.165) is 49.9 Å². The molecule has 0 radical (unpaired) electrons. The normalized spacial score (nSPS) is 14.3. The molecule has 6 heteroatoms. The van der Waals surface area contributed by atoms with Crippen LogP contribution in [0, 0.1) is 0 Å². The second-order valence-corrected chi connectivity index (χ2v) is 18.5. The number of aromatic nitrogens is 1. The predicted molar refractivity (Wildman–Crippen MR) is 243 cm³/mol. The van der Waals surface area contributed by atoms with E-state index in [4.69, 9.17) is 8.83 Å². The van der Waals surface area contributed by atoms with Gasteiger partial charge in [0.05, 0.1) is 50.5 Å². The van der Waals surface area contributed by atoms with Crippen LogP contribution in [0.3, 0.4) is 0 Å². The first-order valence-corrected chi connectivity index (χ1v) is 20.5. The van der Waals surface area contributed by atoms with Crippen LogP contribution in [-0.2, 0) is 10.8 Å². The summed E-state index contributed by atoms with van der Waals surface area (Å²) in [5, 5.41) is 5.86. The minimum atomic E-state index is -0.148. The van der Waals surface area contributed by atoms with Gasteiger partial charge in [-0.25, -0.2) is 0 Å². The summed E-state index contributed by atoms with van der Waals surface area (Å²) < 4.78 is 16.4. The van der Waals surface area contributed by atoms with Crippen LogP contribution in [0.4, 0.5) is 34.1 Å². The zero-order valence-electron chi connectivity index (χ0n) is 33.4. The first-order chi connectivity index (χ1) is 28.1. The fourth-order valence-corrected chi connectivity index (χ4v) is 10.5. The molecule has 7 aromatic carbocycles. The number of fused-ring (bicyclic) bond motifs is 14. The molecule has 0 fully saturated rings. The van der Waals surface area contributed by atoms with E-state index < -0.39 is 0 Å². The molecule has 0 spiro atoms. The van der Waals surface area contributed by atoms with Crippen molar-refractivity contribution >= 4 is 112 Å². The standard InChI is InChI=1S/C52H40BN3O2/c1-51(2,3)29-24-25-43-34(26-29)48-50(58-43)53-35-17-12-21-39-49(35)56(38-20-11-16-32-31-14-7-9-18-36(31)54(39)47(32)38)41-28-30(52(4,5)6)27-40(46(41)53)55(48)37-19-13-23-44-45(37)33-15-8-10-22-42(33)57-44/h7-28H,1-6H3. The fraction of sp³-hybridized carbons (Fsp3) is 0.154. The Morgan fingerprint density at radius 3 is 1.91 bits per heavy atom. The summed E-state index contributed by atoms with van der Waals surface area (Å²) in [6.45, 7) is 13.7. The van der Waals surface area contributed by atoms with E-state index in [2.05, 4.69) is 189 Å². The van der Waals surface area contributed by atoms with Crippen LogP contribution in [0.15, 0.2) is 142 Å². The van der Waals surface area contributed by atoms with Crippen molar-refractivity contribution in [2.45, 2.75) is 52.4 Å². The molecule has 0 N–H and O–H groups in total. The summed E-state index contributed by atoms with van der Waals surface area (Å²) in [6.07, 6.45) is 0. The van der Waals surface area contributed by atoms with Gasteiger partial charge in [-0.15, -0.1) is 0 Å². The number of anilines is 6. The molecule has 278 valence electrons. The maximum atomic E-state index is 7.31. The van der Waals surface area contributed by atoms with Gasteiger partial charge < -0.3 is 23.2 Å². The van der Waals surface area contributed by atoms with Crippen LogP contribution in [-0.4, -0.2) is 11.3 Å². The Morgan fingerprint density at radius 2 is 1.10 bits per heavy atom. The number of furan rings is 2. The number of hydrogen-bond acceptors (Lipinski definition) is 4. The molecule has 0 aliphatic carbocycles.